The monoisotopic (exact) mass is 328 g/mol. The fraction of sp³-hybridized carbons (Fsp3) is 0.474. The number of hydrogen-bond acceptors (Lipinski definition) is 4. The van der Waals surface area contributed by atoms with Crippen molar-refractivity contribution in [2.24, 2.45) is 11.3 Å². The number of methoxy groups -OCH3 is 3. The van der Waals surface area contributed by atoms with Gasteiger partial charge in [-0.2, -0.15) is 0 Å². The van der Waals surface area contributed by atoms with E-state index in [1.54, 1.807) is 27.5 Å². The summed E-state index contributed by atoms with van der Waals surface area (Å²) in [5.74, 6) is 2.37. The maximum absolute atomic E-state index is 12.5. The molecule has 1 fully saturated rings. The van der Waals surface area contributed by atoms with Gasteiger partial charge in [0.05, 0.1) is 21.3 Å². The minimum Gasteiger partial charge on any atom is -0.493 e. The summed E-state index contributed by atoms with van der Waals surface area (Å²) in [7, 11) is 4.84. The molecule has 5 nitrogen and oxygen atoms in total. The molecule has 0 aromatic rings. The molecule has 0 saturated heterocycles. The molecule has 0 radical (unpaired) electrons. The molecule has 24 heavy (non-hydrogen) atoms. The van der Waals surface area contributed by atoms with E-state index in [0.717, 1.165) is 41.8 Å². The van der Waals surface area contributed by atoms with Crippen molar-refractivity contribution in [3.8, 4) is 0 Å². The van der Waals surface area contributed by atoms with Crippen LogP contribution in [-0.4, -0.2) is 26.1 Å². The van der Waals surface area contributed by atoms with E-state index in [1.807, 2.05) is 6.08 Å². The molecule has 4 aliphatic rings. The Morgan fingerprint density at radius 3 is 2.62 bits per heavy atom. The third-order valence-corrected chi connectivity index (χ3v) is 5.58. The second kappa shape index (κ2) is 5.36. The van der Waals surface area contributed by atoms with Crippen molar-refractivity contribution in [1.82, 2.24) is 0 Å². The summed E-state index contributed by atoms with van der Waals surface area (Å²) in [5.41, 5.74) is 3.24. The number of hydrogen-bond donors (Lipinski definition) is 0. The van der Waals surface area contributed by atoms with Crippen LogP contribution in [0, 0.1) is 16.2 Å². The van der Waals surface area contributed by atoms with Crippen molar-refractivity contribution in [2.45, 2.75) is 25.7 Å². The van der Waals surface area contributed by atoms with E-state index in [9.17, 15) is 4.91 Å². The maximum atomic E-state index is 12.5. The zero-order chi connectivity index (χ0) is 16.9. The number of allylic oxidation sites excluding steroid dienone is 6. The van der Waals surface area contributed by atoms with E-state index in [4.69, 9.17) is 14.2 Å². The zero-order valence-corrected chi connectivity index (χ0v) is 14.3. The van der Waals surface area contributed by atoms with Crippen LogP contribution in [0.3, 0.4) is 0 Å². The van der Waals surface area contributed by atoms with Crippen molar-refractivity contribution < 1.29 is 19.0 Å². The Morgan fingerprint density at radius 1 is 1.12 bits per heavy atom. The summed E-state index contributed by atoms with van der Waals surface area (Å²) in [6.45, 7) is 0. The van der Waals surface area contributed by atoms with Crippen molar-refractivity contribution in [3.63, 3.8) is 0 Å². The van der Waals surface area contributed by atoms with Gasteiger partial charge in [-0.25, -0.2) is 0 Å². The van der Waals surface area contributed by atoms with Crippen molar-refractivity contribution in [3.05, 3.63) is 63.5 Å². The smallest absolute Gasteiger partial charge is 0.419 e. The molecular weight excluding hydrogens is 306 g/mol. The quantitative estimate of drug-likeness (QED) is 0.741. The van der Waals surface area contributed by atoms with Crippen LogP contribution in [0.2, 0.25) is 0 Å². The Labute approximate surface area is 141 Å². The fourth-order valence-electron chi connectivity index (χ4n) is 4.50. The van der Waals surface area contributed by atoms with E-state index in [1.165, 1.54) is 11.1 Å². The van der Waals surface area contributed by atoms with Crippen LogP contribution in [0.5, 0.6) is 0 Å². The van der Waals surface area contributed by atoms with Gasteiger partial charge < -0.3 is 14.2 Å². The summed E-state index contributed by atoms with van der Waals surface area (Å²) in [6, 6.07) is 0. The Morgan fingerprint density at radius 2 is 1.92 bits per heavy atom. The molecule has 1 heterocycles. The Balaban J connectivity index is 2.03. The molecule has 0 spiro atoms. The third kappa shape index (κ3) is 2.07. The predicted octanol–water partition coefficient (Wildman–Crippen LogP) is 3.71. The molecule has 126 valence electrons. The molecule has 1 saturated carbocycles. The normalized spacial score (nSPS) is 31.1. The first-order valence-corrected chi connectivity index (χ1v) is 8.31. The van der Waals surface area contributed by atoms with Crippen molar-refractivity contribution in [1.29, 1.82) is 0 Å². The Kier molecular flexibility index (Phi) is 3.41. The van der Waals surface area contributed by atoms with Crippen LogP contribution >= 0.6 is 0 Å². The summed E-state index contributed by atoms with van der Waals surface area (Å²) < 4.78 is 17.3. The minimum absolute atomic E-state index is 0.326. The molecule has 0 amide bonds. The van der Waals surface area contributed by atoms with E-state index >= 15 is 0 Å². The molecule has 2 atom stereocenters. The first-order chi connectivity index (χ1) is 11.6. The summed E-state index contributed by atoms with van der Waals surface area (Å²) in [4.78, 5) is 12.5. The van der Waals surface area contributed by atoms with Crippen LogP contribution in [0.15, 0.2) is 58.5 Å². The average Bonchev–Trinajstić information content (AvgIpc) is 2.60. The molecular formula is C19H22NO4+. The highest BCUT2D eigenvalue weighted by Gasteiger charge is 2.48. The summed E-state index contributed by atoms with van der Waals surface area (Å²) in [5, 5.41) is 0. The van der Waals surface area contributed by atoms with Crippen LogP contribution < -0.4 is 0 Å². The van der Waals surface area contributed by atoms with Gasteiger partial charge in [0.2, 0.25) is 6.20 Å². The zero-order valence-electron chi connectivity index (χ0n) is 14.3. The topological polar surface area (TPSA) is 47.8 Å². The summed E-state index contributed by atoms with van der Waals surface area (Å²) in [6.07, 6.45) is 11.8. The Bertz CT molecular complexity index is 768. The molecule has 0 aromatic carbocycles. The second-order valence-electron chi connectivity index (χ2n) is 6.84. The standard InChI is InChI=1S/C19H22NO4/c1-22-16-7-15-14-6-12-4-5-13(14)11-20(21)18(24-3)10-19(15,8-12)9-17(16)23-2/h7,9-12H,4-6,8H2,1-3H3/q+1. The van der Waals surface area contributed by atoms with Gasteiger partial charge in [-0.3, -0.25) is 0 Å². The highest BCUT2D eigenvalue weighted by Crippen LogP contribution is 2.56. The molecule has 5 heteroatoms. The lowest BCUT2D eigenvalue weighted by atomic mass is 9.59. The number of nitroso groups, excluding NO2 is 1. The van der Waals surface area contributed by atoms with Crippen molar-refractivity contribution >= 4 is 0 Å². The minimum atomic E-state index is -0.375. The van der Waals surface area contributed by atoms with Crippen molar-refractivity contribution in [2.75, 3.05) is 21.3 Å². The molecule has 1 aliphatic heterocycles. The maximum Gasteiger partial charge on any atom is 0.419 e. The van der Waals surface area contributed by atoms with E-state index in [0.29, 0.717) is 17.6 Å². The number of nitrogens with zero attached hydrogens (tertiary/aromatic N) is 1. The largest absolute Gasteiger partial charge is 0.493 e. The van der Waals surface area contributed by atoms with Crippen LogP contribution in [-0.2, 0) is 14.2 Å². The third-order valence-electron chi connectivity index (χ3n) is 5.58. The molecule has 3 aliphatic carbocycles. The van der Waals surface area contributed by atoms with Crippen LogP contribution in [0.25, 0.3) is 0 Å². The number of rotatable bonds is 3. The first kappa shape index (κ1) is 15.2. The Hall–Kier alpha value is -2.30. The van der Waals surface area contributed by atoms with E-state index < -0.39 is 0 Å². The lowest BCUT2D eigenvalue weighted by Crippen LogP contribution is -2.35. The molecule has 0 N–H and O–H groups in total. The van der Waals surface area contributed by atoms with Gasteiger partial charge in [0.15, 0.2) is 11.5 Å². The molecule has 2 unspecified atom stereocenters. The second-order valence-corrected chi connectivity index (χ2v) is 6.84. The lowest BCUT2D eigenvalue weighted by molar-refractivity contribution is -0.462. The lowest BCUT2D eigenvalue weighted by Gasteiger charge is -2.44. The SMILES string of the molecule is COC1=CC2=C3CC4CCC3=C[N+](=O)C(OC)=CC2(C=C1OC)C4. The van der Waals surface area contributed by atoms with Gasteiger partial charge in [-0.15, -0.1) is 0 Å². The van der Waals surface area contributed by atoms with Gasteiger partial charge in [0.1, 0.15) is 4.76 Å². The molecule has 4 rings (SSSR count). The molecule has 0 aromatic heterocycles. The highest BCUT2D eigenvalue weighted by molar-refractivity contribution is 5.56. The molecule has 3 bridgehead atoms. The van der Waals surface area contributed by atoms with Gasteiger partial charge >= 0.3 is 5.88 Å². The van der Waals surface area contributed by atoms with E-state index in [-0.39, 0.29) is 5.41 Å². The summed E-state index contributed by atoms with van der Waals surface area (Å²) >= 11 is 0. The van der Waals surface area contributed by atoms with Gasteiger partial charge in [0.25, 0.3) is 0 Å². The van der Waals surface area contributed by atoms with Crippen LogP contribution in [0.4, 0.5) is 0 Å². The van der Waals surface area contributed by atoms with Crippen LogP contribution in [0.1, 0.15) is 25.7 Å². The van der Waals surface area contributed by atoms with Gasteiger partial charge in [0, 0.05) is 22.0 Å². The number of fused-ring (bicyclic) bond motifs is 1. The first-order valence-electron chi connectivity index (χ1n) is 8.31. The predicted molar refractivity (Wildman–Crippen MR) is 88.4 cm³/mol. The highest BCUT2D eigenvalue weighted by atomic mass is 16.5. The van der Waals surface area contributed by atoms with Gasteiger partial charge in [-0.1, -0.05) is 0 Å². The number of ether oxygens (including phenoxy) is 3. The van der Waals surface area contributed by atoms with Gasteiger partial charge in [-0.05, 0) is 54.9 Å². The fourth-order valence-corrected chi connectivity index (χ4v) is 4.50. The van der Waals surface area contributed by atoms with E-state index in [2.05, 4.69) is 12.2 Å². The average molecular weight is 328 g/mol.